The van der Waals surface area contributed by atoms with Crippen molar-refractivity contribution < 1.29 is 85.4 Å². The van der Waals surface area contributed by atoms with Crippen LogP contribution in [0.4, 0.5) is 10.1 Å². The van der Waals surface area contributed by atoms with Crippen LogP contribution in [0.25, 0.3) is 0 Å². The maximum Gasteiger partial charge on any atom is 0.661 e. The van der Waals surface area contributed by atoms with Gasteiger partial charge in [-0.25, -0.2) is 4.39 Å². The zero-order chi connectivity index (χ0) is 60.2. The Morgan fingerprint density at radius 1 is 0.786 bits per heavy atom. The standard InChI is InChI=1S/C53H73FN12O17.Al/c1-3-30(2)47(51(79)58-35-8-7-31-5-4-6-32-21-37(66(48(31)32)52(35)80)50(78)59-36-22-45(75)83-53(36)81)60-40(68)12-13-55-39(67)11-14-56-49(77)34(9-10-43(71)72)57-41(69)26-61-17-19-64(20-18-61)42(70)27-62-15-16-63(28-44(73)74)25-38(54)65-24-33(23-62)82-46(76)29-65;/h4-6,30,34-37,47,53,81H,3,7-29H2,1-2H3,(H,55,67)(H,56,77)(H,57,69)(H,58,79)(H,59,78)(H,60,68)(H,71,72)(H,73,74);/q;+1/p-1/t30-,34+,35-,36?,37-,47-,53?;/m0./s1. The molecule has 8 heterocycles. The molecule has 1 aromatic carbocycles. The molecule has 84 heavy (non-hydrogen) atoms. The molecule has 1 spiro atoms. The molecule has 6 saturated heterocycles. The van der Waals surface area contributed by atoms with Crippen LogP contribution in [0.1, 0.15) is 69.9 Å². The first-order chi connectivity index (χ1) is 40.0. The van der Waals surface area contributed by atoms with Crippen LogP contribution >= 0.6 is 0 Å². The van der Waals surface area contributed by atoms with Crippen molar-refractivity contribution in [1.82, 2.24) is 56.4 Å². The summed E-state index contributed by atoms with van der Waals surface area (Å²) < 4.78 is 29.7. The van der Waals surface area contributed by atoms with Crippen molar-refractivity contribution in [2.75, 3.05) is 103 Å². The number of para-hydroxylation sites is 1. The lowest BCUT2D eigenvalue weighted by Gasteiger charge is -2.41. The number of alkyl halides is 1. The number of carbonyl (C=O) groups excluding carboxylic acids is 11. The molecular formula is C53H72AlFN12O17. The van der Waals surface area contributed by atoms with Gasteiger partial charge in [-0.3, -0.25) is 82.0 Å². The molecule has 8 aliphatic rings. The van der Waals surface area contributed by atoms with E-state index in [-0.39, 0.29) is 136 Å². The minimum atomic E-state index is -3.22. The Labute approximate surface area is 487 Å². The molecule has 6 fully saturated rings. The topological polar surface area (TPSA) is 365 Å². The number of fused-ring (bicyclic) bond motifs is 2. The first-order valence-electron chi connectivity index (χ1n) is 28.6. The highest BCUT2D eigenvalue weighted by atomic mass is 27.2. The van der Waals surface area contributed by atoms with E-state index in [2.05, 4.69) is 31.9 Å². The van der Waals surface area contributed by atoms with Gasteiger partial charge in [-0.2, -0.15) is 0 Å². The number of anilines is 1. The number of halogens is 1. The van der Waals surface area contributed by atoms with Crippen molar-refractivity contribution >= 4 is 91.3 Å². The van der Waals surface area contributed by atoms with Crippen LogP contribution in [0.15, 0.2) is 18.2 Å². The Hall–Kier alpha value is -6.88. The van der Waals surface area contributed by atoms with Gasteiger partial charge in [-0.15, -0.1) is 0 Å². The van der Waals surface area contributed by atoms with Gasteiger partial charge in [0.25, 0.3) is 5.97 Å². The van der Waals surface area contributed by atoms with Crippen molar-refractivity contribution in [2.45, 2.75) is 117 Å². The highest BCUT2D eigenvalue weighted by Gasteiger charge is 2.78. The summed E-state index contributed by atoms with van der Waals surface area (Å²) in [7, 11) is 0. The molecule has 9 rings (SSSR count). The Bertz CT molecular complexity index is 2810. The molecule has 8 N–H and O–H groups in total. The van der Waals surface area contributed by atoms with Gasteiger partial charge in [0.1, 0.15) is 34.7 Å². The molecule has 0 aromatic heterocycles. The second-order valence-corrected chi connectivity index (χ2v) is 25.9. The van der Waals surface area contributed by atoms with E-state index >= 15 is 4.39 Å². The number of aliphatic hydroxyl groups excluding tert-OH is 1. The number of piperazine rings is 1. The number of hydrogen-bond acceptors (Lipinski definition) is 20. The van der Waals surface area contributed by atoms with Gasteiger partial charge in [0, 0.05) is 97.7 Å². The Balaban J connectivity index is 0.693. The summed E-state index contributed by atoms with van der Waals surface area (Å²) in [5.41, 5.74) is 2.10. The van der Waals surface area contributed by atoms with Crippen molar-refractivity contribution in [2.24, 2.45) is 5.92 Å². The number of aliphatic carboxylic acids is 1. The van der Waals surface area contributed by atoms with Crippen LogP contribution in [0.2, 0.25) is 0 Å². The maximum atomic E-state index is 16.7. The normalized spacial score (nSPS) is 28.3. The van der Waals surface area contributed by atoms with Gasteiger partial charge in [-0.05, 0) is 36.3 Å². The number of rotatable bonds is 22. The summed E-state index contributed by atoms with van der Waals surface area (Å²) in [6.07, 6.45) is -1.79. The number of ether oxygens (including phenoxy) is 2. The molecule has 8 amide bonds. The van der Waals surface area contributed by atoms with Gasteiger partial charge in [0.05, 0.1) is 38.3 Å². The van der Waals surface area contributed by atoms with Crippen molar-refractivity contribution in [1.29, 1.82) is 0 Å². The quantitative estimate of drug-likeness (QED) is 0.0305. The number of hydrogen-bond donors (Lipinski definition) is 8. The van der Waals surface area contributed by atoms with E-state index in [0.29, 0.717) is 25.1 Å². The van der Waals surface area contributed by atoms with Gasteiger partial charge in [-0.1, -0.05) is 38.5 Å². The smallest absolute Gasteiger partial charge is 0.611 e. The third-order valence-electron chi connectivity index (χ3n) is 17.0. The largest absolute Gasteiger partial charge is 0.661 e. The van der Waals surface area contributed by atoms with E-state index < -0.39 is 138 Å². The molecule has 6 unspecified atom stereocenters. The first kappa shape index (κ1) is 61.7. The van der Waals surface area contributed by atoms with Gasteiger partial charge in [0.2, 0.25) is 53.5 Å². The van der Waals surface area contributed by atoms with Crippen molar-refractivity contribution in [3.8, 4) is 0 Å². The highest BCUT2D eigenvalue weighted by Crippen LogP contribution is 2.45. The zero-order valence-corrected chi connectivity index (χ0v) is 48.1. The van der Waals surface area contributed by atoms with Crippen LogP contribution < -0.4 is 36.8 Å². The van der Waals surface area contributed by atoms with Crippen LogP contribution in [-0.4, -0.2) is 264 Å². The van der Waals surface area contributed by atoms with Crippen LogP contribution in [0.5, 0.6) is 0 Å². The monoisotopic (exact) mass is 1190 g/mol. The fourth-order valence-corrected chi connectivity index (χ4v) is 16.0. The first-order valence-corrected chi connectivity index (χ1v) is 30.2. The number of nitrogens with zero attached hydrogens (tertiary/aromatic N) is 6. The second-order valence-electron chi connectivity index (χ2n) is 22.9. The van der Waals surface area contributed by atoms with Crippen LogP contribution in [0, 0.1) is 5.92 Å². The molecule has 0 saturated carbocycles. The summed E-state index contributed by atoms with van der Waals surface area (Å²) in [6, 6.07) is -0.0294. The Morgan fingerprint density at radius 3 is 2.24 bits per heavy atom. The summed E-state index contributed by atoms with van der Waals surface area (Å²) in [5.74, 6) is -7.92. The SMILES string of the molecule is CC[C@H](C)[C@H](NC(=O)CCNC(=O)CCNC(=O)[C@@H](CCC(=O)O)NC(=O)CN1CCN(C(=O)CN2CCN3CC(=O)[O][Al]4[C]5(C2)CN(CC(=O)O5)[C]4(F)C3)CC1)C(=O)N[C@H]1CCc2cccc3c2N(C1=O)[C@H](C(=O)NC1CC(=O)OC1O)C3. The third kappa shape index (κ3) is 13.9. The Morgan fingerprint density at radius 2 is 1.51 bits per heavy atom. The molecule has 456 valence electrons. The van der Waals surface area contributed by atoms with Crippen LogP contribution in [0.3, 0.4) is 0 Å². The Kier molecular flexibility index (Phi) is 19.2. The molecule has 0 radical (unpaired) electrons. The zero-order valence-electron chi connectivity index (χ0n) is 46.9. The molecule has 11 atom stereocenters. The maximum absolute atomic E-state index is 16.7. The van der Waals surface area contributed by atoms with Gasteiger partial charge < -0.3 is 60.3 Å². The lowest BCUT2D eigenvalue weighted by atomic mass is 9.97. The number of benzene rings is 1. The minimum absolute atomic E-state index is 0.0261. The van der Waals surface area contributed by atoms with E-state index in [9.17, 15) is 67.7 Å². The predicted octanol–water partition coefficient (Wildman–Crippen LogP) is -5.32. The number of aryl methyl sites for hydroxylation is 1. The average molecular weight is 1200 g/mol. The number of morpholine rings is 1. The highest BCUT2D eigenvalue weighted by molar-refractivity contribution is 6.62. The van der Waals surface area contributed by atoms with Crippen molar-refractivity contribution in [3.63, 3.8) is 0 Å². The van der Waals surface area contributed by atoms with Crippen molar-refractivity contribution in [3.05, 3.63) is 29.3 Å². The van der Waals surface area contributed by atoms with E-state index in [1.165, 1.54) is 9.80 Å². The number of aliphatic hydroxyl groups is 1. The van der Waals surface area contributed by atoms with E-state index in [4.69, 9.17) is 13.3 Å². The second kappa shape index (κ2) is 26.2. The van der Waals surface area contributed by atoms with Gasteiger partial charge >= 0.3 is 32.4 Å². The molecular weight excluding hydrogens is 1120 g/mol. The fraction of sp³-hybridized carbons (Fsp3) is 0.660. The van der Waals surface area contributed by atoms with E-state index in [0.717, 1.165) is 11.1 Å². The van der Waals surface area contributed by atoms with Gasteiger partial charge in [0.15, 0.2) is 4.65 Å². The number of carboxylic acids is 1. The summed E-state index contributed by atoms with van der Waals surface area (Å²) in [6.45, 7) is 4.25. The number of amides is 8. The number of esters is 2. The molecule has 0 aliphatic carbocycles. The third-order valence-corrected chi connectivity index (χ3v) is 20.3. The molecule has 29 nitrogen and oxygen atoms in total. The molecule has 31 heteroatoms. The average Bonchev–Trinajstić information content (AvgIpc) is 1.74. The van der Waals surface area contributed by atoms with E-state index in [1.807, 2.05) is 24.0 Å². The number of cyclic esters (lactones) is 1. The molecule has 5 bridgehead atoms. The molecule has 8 aliphatic heterocycles. The fourth-order valence-electron chi connectivity index (χ4n) is 12.5. The lowest BCUT2D eigenvalue weighted by molar-refractivity contribution is -0.168. The predicted molar refractivity (Wildman–Crippen MR) is 288 cm³/mol. The minimum Gasteiger partial charge on any atom is -0.611 e. The lowest BCUT2D eigenvalue weighted by Crippen LogP contribution is -2.63. The number of carbonyl (C=O) groups is 12. The summed E-state index contributed by atoms with van der Waals surface area (Å²) in [5, 5.41) is 35.4. The number of carboxylic acid groups (broad SMARTS) is 1. The summed E-state index contributed by atoms with van der Waals surface area (Å²) >= 11 is -3.22. The number of nitrogens with one attached hydrogen (secondary N) is 6. The molecule has 1 aromatic rings. The van der Waals surface area contributed by atoms with E-state index in [1.54, 1.807) is 27.7 Å². The van der Waals surface area contributed by atoms with Crippen LogP contribution in [-0.2, 0) is 83.6 Å². The summed E-state index contributed by atoms with van der Waals surface area (Å²) in [4.78, 5) is 167.